The van der Waals surface area contributed by atoms with E-state index in [0.717, 1.165) is 11.1 Å². The zero-order valence-electron chi connectivity index (χ0n) is 9.27. The Morgan fingerprint density at radius 3 is 2.35 bits per heavy atom. The van der Waals surface area contributed by atoms with Gasteiger partial charge in [-0.1, -0.05) is 48.0 Å². The molecule has 2 nitrogen and oxygen atoms in total. The predicted octanol–water partition coefficient (Wildman–Crippen LogP) is 4.01. The van der Waals surface area contributed by atoms with Gasteiger partial charge in [-0.15, -0.1) is 0 Å². The third-order valence-electron chi connectivity index (χ3n) is 2.65. The summed E-state index contributed by atoms with van der Waals surface area (Å²) in [5, 5.41) is 9.81. The lowest BCUT2D eigenvalue weighted by molar-refractivity contribution is 0.0697. The highest BCUT2D eigenvalue weighted by molar-refractivity contribution is 6.33. The summed E-state index contributed by atoms with van der Waals surface area (Å²) in [7, 11) is 0. The highest BCUT2D eigenvalue weighted by Gasteiger charge is 2.15. The van der Waals surface area contributed by atoms with Crippen LogP contribution in [0.4, 0.5) is 0 Å². The first-order chi connectivity index (χ1) is 8.11. The van der Waals surface area contributed by atoms with Crippen LogP contribution in [0.25, 0.3) is 11.1 Å². The second-order valence-electron chi connectivity index (χ2n) is 3.78. The summed E-state index contributed by atoms with van der Waals surface area (Å²) in [5.74, 6) is -0.932. The van der Waals surface area contributed by atoms with Gasteiger partial charge in [0, 0.05) is 10.6 Å². The van der Waals surface area contributed by atoms with Gasteiger partial charge >= 0.3 is 5.97 Å². The molecular formula is C14H11ClO2. The molecule has 3 heteroatoms. The van der Waals surface area contributed by atoms with Crippen molar-refractivity contribution in [2.45, 2.75) is 6.92 Å². The van der Waals surface area contributed by atoms with Crippen molar-refractivity contribution in [2.24, 2.45) is 0 Å². The zero-order chi connectivity index (χ0) is 12.4. The van der Waals surface area contributed by atoms with Crippen LogP contribution in [0.15, 0.2) is 42.5 Å². The molecule has 0 radical (unpaired) electrons. The topological polar surface area (TPSA) is 37.3 Å². The minimum Gasteiger partial charge on any atom is -0.478 e. The monoisotopic (exact) mass is 246 g/mol. The number of benzene rings is 2. The Balaban J connectivity index is 2.72. The molecule has 0 amide bonds. The van der Waals surface area contributed by atoms with Gasteiger partial charge < -0.3 is 5.11 Å². The number of carbonyl (C=O) groups is 1. The number of hydrogen-bond donors (Lipinski definition) is 1. The van der Waals surface area contributed by atoms with Crippen LogP contribution in [-0.4, -0.2) is 11.1 Å². The van der Waals surface area contributed by atoms with Gasteiger partial charge in [0.15, 0.2) is 0 Å². The largest absolute Gasteiger partial charge is 0.478 e. The van der Waals surface area contributed by atoms with Crippen LogP contribution in [0.5, 0.6) is 0 Å². The van der Waals surface area contributed by atoms with Crippen LogP contribution < -0.4 is 0 Å². The molecule has 0 unspecified atom stereocenters. The van der Waals surface area contributed by atoms with E-state index in [0.29, 0.717) is 16.1 Å². The maximum atomic E-state index is 11.3. The van der Waals surface area contributed by atoms with Crippen LogP contribution in [0.3, 0.4) is 0 Å². The normalized spacial score (nSPS) is 10.2. The van der Waals surface area contributed by atoms with Crippen molar-refractivity contribution in [3.05, 3.63) is 58.6 Å². The molecule has 2 aromatic carbocycles. The third-order valence-corrected chi connectivity index (χ3v) is 2.98. The minimum absolute atomic E-state index is 0.306. The van der Waals surface area contributed by atoms with Crippen molar-refractivity contribution in [2.75, 3.05) is 0 Å². The fourth-order valence-electron chi connectivity index (χ4n) is 1.86. The molecule has 0 aromatic heterocycles. The van der Waals surface area contributed by atoms with Crippen LogP contribution >= 0.6 is 11.6 Å². The Labute approximate surface area is 104 Å². The second-order valence-corrected chi connectivity index (χ2v) is 4.19. The fourth-order valence-corrected chi connectivity index (χ4v) is 2.09. The summed E-state index contributed by atoms with van der Waals surface area (Å²) >= 11 is 6.09. The average Bonchev–Trinajstić information content (AvgIpc) is 2.28. The van der Waals surface area contributed by atoms with Gasteiger partial charge in [0.2, 0.25) is 0 Å². The molecule has 1 N–H and O–H groups in total. The molecule has 0 fully saturated rings. The number of rotatable bonds is 2. The van der Waals surface area contributed by atoms with Crippen molar-refractivity contribution in [1.82, 2.24) is 0 Å². The van der Waals surface area contributed by atoms with E-state index in [9.17, 15) is 9.90 Å². The number of hydrogen-bond acceptors (Lipinski definition) is 1. The van der Waals surface area contributed by atoms with Gasteiger partial charge in [-0.05, 0) is 24.1 Å². The molecular weight excluding hydrogens is 236 g/mol. The van der Waals surface area contributed by atoms with Crippen LogP contribution in [-0.2, 0) is 0 Å². The summed E-state index contributed by atoms with van der Waals surface area (Å²) in [6, 6.07) is 12.6. The van der Waals surface area contributed by atoms with Crippen LogP contribution in [0.1, 0.15) is 15.9 Å². The molecule has 2 rings (SSSR count). The number of carboxylic acid groups (broad SMARTS) is 1. The third kappa shape index (κ3) is 2.17. The minimum atomic E-state index is -0.932. The molecule has 0 aliphatic rings. The summed E-state index contributed by atoms with van der Waals surface area (Å²) in [6.07, 6.45) is 0. The van der Waals surface area contributed by atoms with E-state index < -0.39 is 5.97 Å². The molecule has 0 atom stereocenters. The highest BCUT2D eigenvalue weighted by atomic mass is 35.5. The quantitative estimate of drug-likeness (QED) is 0.869. The Bertz CT molecular complexity index is 576. The lowest BCUT2D eigenvalue weighted by Crippen LogP contribution is -2.02. The van der Waals surface area contributed by atoms with Gasteiger partial charge in [0.05, 0.1) is 5.56 Å². The number of carboxylic acids is 1. The zero-order valence-corrected chi connectivity index (χ0v) is 10.0. The first-order valence-electron chi connectivity index (χ1n) is 5.19. The number of halogens is 1. The van der Waals surface area contributed by atoms with Crippen molar-refractivity contribution >= 4 is 17.6 Å². The predicted molar refractivity (Wildman–Crippen MR) is 68.6 cm³/mol. The Hall–Kier alpha value is -1.80. The standard InChI is InChI=1S/C14H11ClO2/c1-9-5-4-7-11(13(9)14(16)17)10-6-2-3-8-12(10)15/h2-8H,1H3,(H,16,17). The van der Waals surface area contributed by atoms with Crippen LogP contribution in [0, 0.1) is 6.92 Å². The van der Waals surface area contributed by atoms with Crippen molar-refractivity contribution in [1.29, 1.82) is 0 Å². The highest BCUT2D eigenvalue weighted by Crippen LogP contribution is 2.31. The molecule has 0 saturated carbocycles. The SMILES string of the molecule is Cc1cccc(-c2ccccc2Cl)c1C(=O)O. The second kappa shape index (κ2) is 4.60. The molecule has 0 heterocycles. The lowest BCUT2D eigenvalue weighted by Gasteiger charge is -2.10. The van der Waals surface area contributed by atoms with Crippen LogP contribution in [0.2, 0.25) is 5.02 Å². The molecule has 0 spiro atoms. The van der Waals surface area contributed by atoms with Gasteiger partial charge in [-0.3, -0.25) is 0 Å². The van der Waals surface area contributed by atoms with Crippen molar-refractivity contribution in [3.8, 4) is 11.1 Å². The fraction of sp³-hybridized carbons (Fsp3) is 0.0714. The van der Waals surface area contributed by atoms with Gasteiger partial charge in [0.25, 0.3) is 0 Å². The van der Waals surface area contributed by atoms with Crippen molar-refractivity contribution < 1.29 is 9.90 Å². The smallest absolute Gasteiger partial charge is 0.336 e. The first kappa shape index (κ1) is 11.7. The van der Waals surface area contributed by atoms with Crippen molar-refractivity contribution in [3.63, 3.8) is 0 Å². The van der Waals surface area contributed by atoms with E-state index in [-0.39, 0.29) is 0 Å². The number of aromatic carboxylic acids is 1. The molecule has 0 bridgehead atoms. The average molecular weight is 247 g/mol. The van der Waals surface area contributed by atoms with E-state index in [1.54, 1.807) is 25.1 Å². The summed E-state index contributed by atoms with van der Waals surface area (Å²) in [5.41, 5.74) is 2.44. The molecule has 0 saturated heterocycles. The number of aryl methyl sites for hydroxylation is 1. The molecule has 0 aliphatic heterocycles. The Morgan fingerprint density at radius 2 is 1.71 bits per heavy atom. The molecule has 86 valence electrons. The lowest BCUT2D eigenvalue weighted by atomic mass is 9.96. The van der Waals surface area contributed by atoms with Gasteiger partial charge in [0.1, 0.15) is 0 Å². The molecule has 0 aliphatic carbocycles. The molecule has 2 aromatic rings. The van der Waals surface area contributed by atoms with Gasteiger partial charge in [-0.25, -0.2) is 4.79 Å². The van der Waals surface area contributed by atoms with E-state index in [1.807, 2.05) is 24.3 Å². The van der Waals surface area contributed by atoms with Gasteiger partial charge in [-0.2, -0.15) is 0 Å². The summed E-state index contributed by atoms with van der Waals surface area (Å²) in [6.45, 7) is 1.78. The summed E-state index contributed by atoms with van der Waals surface area (Å²) < 4.78 is 0. The van der Waals surface area contributed by atoms with E-state index in [4.69, 9.17) is 11.6 Å². The van der Waals surface area contributed by atoms with E-state index >= 15 is 0 Å². The Kier molecular flexibility index (Phi) is 3.16. The Morgan fingerprint density at radius 1 is 1.06 bits per heavy atom. The first-order valence-corrected chi connectivity index (χ1v) is 5.57. The summed E-state index contributed by atoms with van der Waals surface area (Å²) in [4.78, 5) is 11.3. The maximum absolute atomic E-state index is 11.3. The molecule has 17 heavy (non-hydrogen) atoms. The van der Waals surface area contributed by atoms with E-state index in [2.05, 4.69) is 0 Å². The van der Waals surface area contributed by atoms with E-state index in [1.165, 1.54) is 0 Å². The maximum Gasteiger partial charge on any atom is 0.336 e.